The van der Waals surface area contributed by atoms with Crippen LogP contribution in [0.5, 0.6) is 0 Å². The van der Waals surface area contributed by atoms with Crippen molar-refractivity contribution in [2.45, 2.75) is 13.3 Å². The largest absolute Gasteiger partial charge is 0.412 e. The Labute approximate surface area is 68.0 Å². The Morgan fingerprint density at radius 1 is 1.09 bits per heavy atom. The summed E-state index contributed by atoms with van der Waals surface area (Å²) in [5.41, 5.74) is 0. The Morgan fingerprint density at radius 2 is 1.45 bits per heavy atom. The summed E-state index contributed by atoms with van der Waals surface area (Å²) in [6, 6.07) is 0. The average molecular weight is 171 g/mol. The van der Waals surface area contributed by atoms with E-state index in [0.717, 1.165) is 27.2 Å². The monoisotopic (exact) mass is 171 g/mol. The number of rotatable bonds is 3. The molecule has 0 aliphatic rings. The Morgan fingerprint density at radius 3 is 1.55 bits per heavy atom. The van der Waals surface area contributed by atoms with Crippen molar-refractivity contribution < 1.29 is 20.8 Å². The zero-order valence-electron chi connectivity index (χ0n) is 7.46. The molecule has 0 radical (unpaired) electrons. The van der Waals surface area contributed by atoms with Crippen LogP contribution in [0, 0.1) is 0 Å². The van der Waals surface area contributed by atoms with Crippen molar-refractivity contribution in [2.75, 3.05) is 27.5 Å². The van der Waals surface area contributed by atoms with E-state index in [4.69, 9.17) is 15.3 Å². The molecule has 0 fully saturated rings. The molecule has 5 nitrogen and oxygen atoms in total. The van der Waals surface area contributed by atoms with Crippen LogP contribution in [0.4, 0.5) is 0 Å². The molecule has 5 heteroatoms. The molecule has 0 heterocycles. The Balaban J connectivity index is -0.0000000428. The molecule has 6 N–H and O–H groups in total. The minimum absolute atomic E-state index is 0. The Hall–Kier alpha value is -0.200. The second-order valence-corrected chi connectivity index (χ2v) is 1.16. The average Bonchev–Trinajstić information content (AvgIpc) is 2.08. The van der Waals surface area contributed by atoms with Gasteiger partial charge in [-0.15, -0.1) is 0 Å². The molecule has 0 saturated carbocycles. The molecule has 0 rings (SSSR count). The first-order chi connectivity index (χ1) is 4.91. The van der Waals surface area contributed by atoms with Crippen molar-refractivity contribution in [3.8, 4) is 0 Å². The van der Waals surface area contributed by atoms with E-state index in [1.165, 1.54) is 0 Å². The molecular formula is C6H21NO4. The molecule has 0 saturated heterocycles. The van der Waals surface area contributed by atoms with Gasteiger partial charge in [-0.3, -0.25) is 5.32 Å². The topological polar surface area (TPSA) is 104 Å². The standard InChI is InChI=1S/C4H11NO.2CH4O.H2O/c1-2-3-5-4-6;2*1-2;/h5-6H,2-4H2,1H3;2*2H,1H3;1H2. The van der Waals surface area contributed by atoms with E-state index in [1.54, 1.807) is 0 Å². The second kappa shape index (κ2) is 52.6. The lowest BCUT2D eigenvalue weighted by atomic mass is 10.5. The molecular weight excluding hydrogens is 150 g/mol. The van der Waals surface area contributed by atoms with Gasteiger partial charge in [0, 0.05) is 14.2 Å². The molecule has 0 aliphatic carbocycles. The third-order valence-corrected chi connectivity index (χ3v) is 0.539. The maximum Gasteiger partial charge on any atom is 0.0931 e. The number of aliphatic hydroxyl groups excluding tert-OH is 3. The number of aliphatic hydroxyl groups is 3. The predicted octanol–water partition coefficient (Wildman–Crippen LogP) is -1.67. The summed E-state index contributed by atoms with van der Waals surface area (Å²) in [5.74, 6) is 0. The van der Waals surface area contributed by atoms with Crippen molar-refractivity contribution in [2.24, 2.45) is 0 Å². The zero-order valence-corrected chi connectivity index (χ0v) is 7.46. The minimum Gasteiger partial charge on any atom is -0.412 e. The lowest BCUT2D eigenvalue weighted by Gasteiger charge is -1.91. The van der Waals surface area contributed by atoms with Gasteiger partial charge >= 0.3 is 0 Å². The highest BCUT2D eigenvalue weighted by Crippen LogP contribution is 1.64. The maximum absolute atomic E-state index is 8.09. The Kier molecular flexibility index (Phi) is 107. The number of hydrogen-bond acceptors (Lipinski definition) is 4. The van der Waals surface area contributed by atoms with Gasteiger partial charge < -0.3 is 20.8 Å². The summed E-state index contributed by atoms with van der Waals surface area (Å²) >= 11 is 0. The van der Waals surface area contributed by atoms with Gasteiger partial charge in [-0.05, 0) is 13.0 Å². The van der Waals surface area contributed by atoms with Crippen LogP contribution in [0.15, 0.2) is 0 Å². The minimum atomic E-state index is 0. The number of hydrogen-bond donors (Lipinski definition) is 4. The fourth-order valence-corrected chi connectivity index (χ4v) is 0.256. The summed E-state index contributed by atoms with van der Waals surface area (Å²) in [5, 5.41) is 24.8. The van der Waals surface area contributed by atoms with Gasteiger partial charge in [0.2, 0.25) is 0 Å². The quantitative estimate of drug-likeness (QED) is 0.301. The normalized spacial score (nSPS) is 6.00. The molecule has 0 aromatic rings. The van der Waals surface area contributed by atoms with Crippen molar-refractivity contribution >= 4 is 0 Å². The third-order valence-electron chi connectivity index (χ3n) is 0.539. The summed E-state index contributed by atoms with van der Waals surface area (Å²) < 4.78 is 0. The highest BCUT2D eigenvalue weighted by Gasteiger charge is 1.72. The zero-order chi connectivity index (χ0) is 8.83. The predicted molar refractivity (Wildman–Crippen MR) is 45.3 cm³/mol. The summed E-state index contributed by atoms with van der Waals surface area (Å²) in [7, 11) is 2.00. The Bertz CT molecular complexity index is 26.5. The highest BCUT2D eigenvalue weighted by atomic mass is 16.3. The maximum atomic E-state index is 8.09. The lowest BCUT2D eigenvalue weighted by Crippen LogP contribution is -2.14. The molecule has 0 spiro atoms. The van der Waals surface area contributed by atoms with Crippen LogP contribution in [0.2, 0.25) is 0 Å². The second-order valence-electron chi connectivity index (χ2n) is 1.16. The molecule has 0 unspecified atom stereocenters. The van der Waals surface area contributed by atoms with E-state index >= 15 is 0 Å². The van der Waals surface area contributed by atoms with Crippen molar-refractivity contribution in [3.63, 3.8) is 0 Å². The van der Waals surface area contributed by atoms with Gasteiger partial charge in [0.25, 0.3) is 0 Å². The van der Waals surface area contributed by atoms with Gasteiger partial charge in [-0.25, -0.2) is 0 Å². The first-order valence-corrected chi connectivity index (χ1v) is 3.12. The molecule has 0 aromatic carbocycles. The van der Waals surface area contributed by atoms with Crippen molar-refractivity contribution in [3.05, 3.63) is 0 Å². The highest BCUT2D eigenvalue weighted by molar-refractivity contribution is 4.31. The van der Waals surface area contributed by atoms with Gasteiger partial charge in [0.15, 0.2) is 0 Å². The van der Waals surface area contributed by atoms with Crippen molar-refractivity contribution in [1.29, 1.82) is 0 Å². The van der Waals surface area contributed by atoms with Gasteiger partial charge in [0.05, 0.1) is 6.73 Å². The lowest BCUT2D eigenvalue weighted by molar-refractivity contribution is 0.261. The third kappa shape index (κ3) is 76.1. The molecule has 74 valence electrons. The van der Waals surface area contributed by atoms with Crippen LogP contribution in [-0.4, -0.2) is 48.3 Å². The van der Waals surface area contributed by atoms with Crippen LogP contribution < -0.4 is 5.32 Å². The summed E-state index contributed by atoms with van der Waals surface area (Å²) in [6.07, 6.45) is 1.08. The van der Waals surface area contributed by atoms with Crippen LogP contribution in [0.1, 0.15) is 13.3 Å². The van der Waals surface area contributed by atoms with Crippen LogP contribution in [0.25, 0.3) is 0 Å². The van der Waals surface area contributed by atoms with E-state index < -0.39 is 0 Å². The molecule has 11 heavy (non-hydrogen) atoms. The van der Waals surface area contributed by atoms with Crippen LogP contribution in [-0.2, 0) is 0 Å². The summed E-state index contributed by atoms with van der Waals surface area (Å²) in [4.78, 5) is 0. The van der Waals surface area contributed by atoms with Gasteiger partial charge in [-0.2, -0.15) is 0 Å². The van der Waals surface area contributed by atoms with E-state index in [9.17, 15) is 0 Å². The van der Waals surface area contributed by atoms with Gasteiger partial charge in [-0.1, -0.05) is 6.92 Å². The number of nitrogens with one attached hydrogen (secondary N) is 1. The van der Waals surface area contributed by atoms with Crippen LogP contribution in [0.3, 0.4) is 0 Å². The fraction of sp³-hybridized carbons (Fsp3) is 1.00. The molecule has 0 atom stereocenters. The molecule has 0 aromatic heterocycles. The van der Waals surface area contributed by atoms with E-state index in [0.29, 0.717) is 0 Å². The molecule has 0 aliphatic heterocycles. The smallest absolute Gasteiger partial charge is 0.0931 e. The SMILES string of the molecule is CCCNCO.CO.CO.O. The van der Waals surface area contributed by atoms with Crippen molar-refractivity contribution in [1.82, 2.24) is 5.32 Å². The van der Waals surface area contributed by atoms with E-state index in [2.05, 4.69) is 12.2 Å². The van der Waals surface area contributed by atoms with Gasteiger partial charge in [0.1, 0.15) is 0 Å². The first-order valence-electron chi connectivity index (χ1n) is 3.12. The molecule has 0 amide bonds. The first kappa shape index (κ1) is 22.4. The summed E-state index contributed by atoms with van der Waals surface area (Å²) in [6.45, 7) is 3.08. The van der Waals surface area contributed by atoms with Crippen LogP contribution >= 0.6 is 0 Å². The fourth-order valence-electron chi connectivity index (χ4n) is 0.256. The molecule has 0 bridgehead atoms. The van der Waals surface area contributed by atoms with E-state index in [-0.39, 0.29) is 12.2 Å². The van der Waals surface area contributed by atoms with E-state index in [1.807, 2.05) is 0 Å².